The van der Waals surface area contributed by atoms with Crippen LogP contribution in [0, 0.1) is 0 Å². The predicted molar refractivity (Wildman–Crippen MR) is 70.3 cm³/mol. The largest absolute Gasteiger partial charge is 0.508 e. The number of hydrogen-bond donors (Lipinski definition) is 2. The zero-order valence-corrected chi connectivity index (χ0v) is 10.7. The molecule has 0 radical (unpaired) electrons. The van der Waals surface area contributed by atoms with Crippen LogP contribution in [0.3, 0.4) is 0 Å². The lowest BCUT2D eigenvalue weighted by Gasteiger charge is -2.11. The van der Waals surface area contributed by atoms with Crippen LogP contribution in [0.25, 0.3) is 0 Å². The minimum Gasteiger partial charge on any atom is -0.508 e. The van der Waals surface area contributed by atoms with Crippen LogP contribution in [0.15, 0.2) is 18.2 Å². The van der Waals surface area contributed by atoms with E-state index in [1.165, 1.54) is 18.6 Å². The molecular formula is C12H16ClNOS. The molecule has 4 heteroatoms. The summed E-state index contributed by atoms with van der Waals surface area (Å²) in [5.74, 6) is 1.56. The zero-order valence-electron chi connectivity index (χ0n) is 9.08. The smallest absolute Gasteiger partial charge is 0.121 e. The molecule has 1 aromatic carbocycles. The monoisotopic (exact) mass is 257 g/mol. The predicted octanol–water partition coefficient (Wildman–Crippen LogP) is 3.03. The lowest BCUT2D eigenvalue weighted by molar-refractivity contribution is 0.464. The van der Waals surface area contributed by atoms with Crippen molar-refractivity contribution in [1.82, 2.24) is 5.32 Å². The van der Waals surface area contributed by atoms with Crippen molar-refractivity contribution in [2.45, 2.75) is 24.6 Å². The SMILES string of the molecule is Oc1cccc(Cl)c1CNCC1CCCS1. The molecule has 0 bridgehead atoms. The Morgan fingerprint density at radius 3 is 3.06 bits per heavy atom. The van der Waals surface area contributed by atoms with Gasteiger partial charge in [0.1, 0.15) is 5.75 Å². The van der Waals surface area contributed by atoms with Crippen LogP contribution in [0.2, 0.25) is 5.02 Å². The standard InChI is InChI=1S/C12H16ClNOS/c13-11-4-1-5-12(15)10(11)8-14-7-9-3-2-6-16-9/h1,4-5,9,14-15H,2-3,6-8H2. The van der Waals surface area contributed by atoms with Gasteiger partial charge in [-0.15, -0.1) is 0 Å². The van der Waals surface area contributed by atoms with E-state index in [0.29, 0.717) is 11.6 Å². The molecule has 2 rings (SSSR count). The number of rotatable bonds is 4. The highest BCUT2D eigenvalue weighted by atomic mass is 35.5. The minimum atomic E-state index is 0.277. The van der Waals surface area contributed by atoms with Crippen molar-refractivity contribution in [3.8, 4) is 5.75 Å². The van der Waals surface area contributed by atoms with Gasteiger partial charge in [-0.3, -0.25) is 0 Å². The minimum absolute atomic E-state index is 0.277. The van der Waals surface area contributed by atoms with Gasteiger partial charge in [0, 0.05) is 28.9 Å². The first kappa shape index (κ1) is 12.1. The second-order valence-electron chi connectivity index (χ2n) is 4.00. The van der Waals surface area contributed by atoms with E-state index < -0.39 is 0 Å². The highest BCUT2D eigenvalue weighted by Gasteiger charge is 2.15. The van der Waals surface area contributed by atoms with E-state index in [1.54, 1.807) is 12.1 Å². The molecule has 0 amide bonds. The van der Waals surface area contributed by atoms with Gasteiger partial charge < -0.3 is 10.4 Å². The first-order valence-corrected chi connectivity index (χ1v) is 6.98. The fourth-order valence-electron chi connectivity index (χ4n) is 1.89. The maximum absolute atomic E-state index is 9.65. The van der Waals surface area contributed by atoms with Gasteiger partial charge in [0.25, 0.3) is 0 Å². The second-order valence-corrected chi connectivity index (χ2v) is 5.82. The lowest BCUT2D eigenvalue weighted by Crippen LogP contribution is -2.22. The van der Waals surface area contributed by atoms with E-state index >= 15 is 0 Å². The first-order chi connectivity index (χ1) is 7.77. The van der Waals surface area contributed by atoms with Gasteiger partial charge in [0.15, 0.2) is 0 Å². The Labute approximate surface area is 105 Å². The van der Waals surface area contributed by atoms with Crippen LogP contribution in [-0.2, 0) is 6.54 Å². The van der Waals surface area contributed by atoms with Gasteiger partial charge in [-0.25, -0.2) is 0 Å². The number of phenols is 1. The van der Waals surface area contributed by atoms with E-state index in [4.69, 9.17) is 11.6 Å². The average Bonchev–Trinajstić information content (AvgIpc) is 2.75. The molecule has 0 aromatic heterocycles. The molecule has 1 aromatic rings. The molecule has 1 atom stereocenters. The summed E-state index contributed by atoms with van der Waals surface area (Å²) < 4.78 is 0. The van der Waals surface area contributed by atoms with Gasteiger partial charge in [-0.05, 0) is 30.7 Å². The Kier molecular flexibility index (Phi) is 4.38. The molecule has 0 saturated carbocycles. The Bertz CT molecular complexity index is 333. The number of nitrogens with one attached hydrogen (secondary N) is 1. The number of benzene rings is 1. The number of phenolic OH excluding ortho intramolecular Hbond substituents is 1. The molecule has 0 spiro atoms. The molecule has 2 N–H and O–H groups in total. The van der Waals surface area contributed by atoms with Crippen LogP contribution < -0.4 is 5.32 Å². The summed E-state index contributed by atoms with van der Waals surface area (Å²) in [4.78, 5) is 0. The number of halogens is 1. The highest BCUT2D eigenvalue weighted by Crippen LogP contribution is 2.27. The Hall–Kier alpha value is -0.380. The number of hydrogen-bond acceptors (Lipinski definition) is 3. The Morgan fingerprint density at radius 1 is 1.50 bits per heavy atom. The summed E-state index contributed by atoms with van der Waals surface area (Å²) in [6.45, 7) is 1.64. The van der Waals surface area contributed by atoms with Gasteiger partial charge in [0.05, 0.1) is 0 Å². The molecular weight excluding hydrogens is 242 g/mol. The van der Waals surface area contributed by atoms with Crippen molar-refractivity contribution in [2.75, 3.05) is 12.3 Å². The molecule has 1 aliphatic heterocycles. The molecule has 2 nitrogen and oxygen atoms in total. The van der Waals surface area contributed by atoms with Crippen LogP contribution in [-0.4, -0.2) is 22.7 Å². The summed E-state index contributed by atoms with van der Waals surface area (Å²) in [5, 5.41) is 14.4. The number of thioether (sulfide) groups is 1. The summed E-state index contributed by atoms with van der Waals surface area (Å²) in [5.41, 5.74) is 0.798. The van der Waals surface area contributed by atoms with E-state index in [0.717, 1.165) is 17.4 Å². The lowest BCUT2D eigenvalue weighted by atomic mass is 10.2. The maximum atomic E-state index is 9.65. The average molecular weight is 258 g/mol. The molecule has 0 aliphatic carbocycles. The second kappa shape index (κ2) is 5.80. The van der Waals surface area contributed by atoms with E-state index in [2.05, 4.69) is 5.32 Å². The van der Waals surface area contributed by atoms with Gasteiger partial charge >= 0.3 is 0 Å². The van der Waals surface area contributed by atoms with Crippen LogP contribution in [0.4, 0.5) is 0 Å². The van der Waals surface area contributed by atoms with Crippen LogP contribution in [0.1, 0.15) is 18.4 Å². The molecule has 16 heavy (non-hydrogen) atoms. The fraction of sp³-hybridized carbons (Fsp3) is 0.500. The fourth-order valence-corrected chi connectivity index (χ4v) is 3.36. The molecule has 1 heterocycles. The van der Waals surface area contributed by atoms with Crippen molar-refractivity contribution < 1.29 is 5.11 Å². The summed E-state index contributed by atoms with van der Waals surface area (Å²) in [6.07, 6.45) is 2.63. The molecule has 1 saturated heterocycles. The Morgan fingerprint density at radius 2 is 2.38 bits per heavy atom. The summed E-state index contributed by atoms with van der Waals surface area (Å²) >= 11 is 8.05. The summed E-state index contributed by atoms with van der Waals surface area (Å²) in [6, 6.07) is 5.24. The van der Waals surface area contributed by atoms with E-state index in [1.807, 2.05) is 17.8 Å². The first-order valence-electron chi connectivity index (χ1n) is 5.56. The van der Waals surface area contributed by atoms with Crippen LogP contribution >= 0.6 is 23.4 Å². The van der Waals surface area contributed by atoms with E-state index in [9.17, 15) is 5.11 Å². The van der Waals surface area contributed by atoms with Gasteiger partial charge in [0.2, 0.25) is 0 Å². The maximum Gasteiger partial charge on any atom is 0.121 e. The van der Waals surface area contributed by atoms with Crippen molar-refractivity contribution >= 4 is 23.4 Å². The van der Waals surface area contributed by atoms with Crippen molar-refractivity contribution in [3.05, 3.63) is 28.8 Å². The number of aromatic hydroxyl groups is 1. The third-order valence-electron chi connectivity index (χ3n) is 2.79. The Balaban J connectivity index is 1.84. The quantitative estimate of drug-likeness (QED) is 0.870. The topological polar surface area (TPSA) is 32.3 Å². The molecule has 1 unspecified atom stereocenters. The molecule has 1 fully saturated rings. The van der Waals surface area contributed by atoms with Crippen molar-refractivity contribution in [3.63, 3.8) is 0 Å². The third kappa shape index (κ3) is 3.06. The van der Waals surface area contributed by atoms with Gasteiger partial charge in [-0.2, -0.15) is 11.8 Å². The highest BCUT2D eigenvalue weighted by molar-refractivity contribution is 8.00. The summed E-state index contributed by atoms with van der Waals surface area (Å²) in [7, 11) is 0. The molecule has 1 aliphatic rings. The van der Waals surface area contributed by atoms with Crippen LogP contribution in [0.5, 0.6) is 5.75 Å². The zero-order chi connectivity index (χ0) is 11.4. The third-order valence-corrected chi connectivity index (χ3v) is 4.54. The van der Waals surface area contributed by atoms with Crippen molar-refractivity contribution in [2.24, 2.45) is 0 Å². The van der Waals surface area contributed by atoms with E-state index in [-0.39, 0.29) is 5.75 Å². The normalized spacial score (nSPS) is 20.2. The van der Waals surface area contributed by atoms with Gasteiger partial charge in [-0.1, -0.05) is 17.7 Å². The van der Waals surface area contributed by atoms with Crippen molar-refractivity contribution in [1.29, 1.82) is 0 Å². The molecule has 88 valence electrons.